The van der Waals surface area contributed by atoms with Crippen LogP contribution in [0.15, 0.2) is 12.4 Å². The minimum absolute atomic E-state index is 0.0104. The lowest BCUT2D eigenvalue weighted by atomic mass is 10.2. The van der Waals surface area contributed by atoms with E-state index in [1.807, 2.05) is 0 Å². The number of hydrogen-bond acceptors (Lipinski definition) is 6. The van der Waals surface area contributed by atoms with Gasteiger partial charge in [-0.3, -0.25) is 4.90 Å². The molecule has 0 spiro atoms. The summed E-state index contributed by atoms with van der Waals surface area (Å²) in [5, 5.41) is 4.20. The Labute approximate surface area is 147 Å². The molecule has 11 heteroatoms. The number of nitrogens with zero attached hydrogens (tertiary/aromatic N) is 6. The number of rotatable bonds is 1. The van der Waals surface area contributed by atoms with Gasteiger partial charge in [-0.25, -0.2) is 24.4 Å². The van der Waals surface area contributed by atoms with E-state index >= 15 is 0 Å². The van der Waals surface area contributed by atoms with Gasteiger partial charge in [0, 0.05) is 18.9 Å². The number of aromatic nitrogens is 5. The minimum atomic E-state index is -4.51. The van der Waals surface area contributed by atoms with Gasteiger partial charge in [0.2, 0.25) is 5.82 Å². The minimum Gasteiger partial charge on any atom is -0.444 e. The summed E-state index contributed by atoms with van der Waals surface area (Å²) >= 11 is 0. The van der Waals surface area contributed by atoms with E-state index in [0.29, 0.717) is 31.3 Å². The number of carbonyl (C=O) groups excluding carboxylic acids is 1. The van der Waals surface area contributed by atoms with Crippen molar-refractivity contribution >= 4 is 6.09 Å². The molecule has 0 N–H and O–H groups in total. The number of alkyl halides is 3. The van der Waals surface area contributed by atoms with Crippen molar-refractivity contribution in [2.24, 2.45) is 0 Å². The van der Waals surface area contributed by atoms with Gasteiger partial charge in [-0.2, -0.15) is 13.2 Å². The van der Waals surface area contributed by atoms with Crippen molar-refractivity contribution in [3.05, 3.63) is 23.8 Å². The fraction of sp³-hybridized carbons (Fsp3) is 0.533. The summed E-state index contributed by atoms with van der Waals surface area (Å²) in [5.41, 5.74) is -1.55. The summed E-state index contributed by atoms with van der Waals surface area (Å²) in [6, 6.07) is 0. The molecule has 3 heterocycles. The topological polar surface area (TPSA) is 86.0 Å². The number of ether oxygens (including phenoxy) is 1. The Morgan fingerprint density at radius 3 is 2.35 bits per heavy atom. The van der Waals surface area contributed by atoms with E-state index in [1.165, 1.54) is 4.90 Å². The van der Waals surface area contributed by atoms with Crippen LogP contribution in [0.4, 0.5) is 18.0 Å². The first kappa shape index (κ1) is 18.1. The molecule has 0 fully saturated rings. The highest BCUT2D eigenvalue weighted by atomic mass is 19.4. The van der Waals surface area contributed by atoms with E-state index < -0.39 is 23.4 Å². The molecule has 1 amide bonds. The third-order valence-corrected chi connectivity index (χ3v) is 3.49. The number of fused-ring (bicyclic) bond motifs is 1. The molecule has 0 unspecified atom stereocenters. The summed E-state index contributed by atoms with van der Waals surface area (Å²) in [6.45, 7) is 6.29. The lowest BCUT2D eigenvalue weighted by Gasteiger charge is -2.29. The largest absolute Gasteiger partial charge is 0.444 e. The number of halogens is 3. The van der Waals surface area contributed by atoms with Crippen LogP contribution in [0, 0.1) is 0 Å². The maximum Gasteiger partial charge on any atom is 0.419 e. The summed E-state index contributed by atoms with van der Waals surface area (Å²) in [4.78, 5) is 25.3. The first-order valence-electron chi connectivity index (χ1n) is 7.84. The SMILES string of the molecule is CC(C)(C)OC(=O)N1CCn2nc(-c3ncc(C(F)(F)F)cn3)nc2C1. The van der Waals surface area contributed by atoms with Gasteiger partial charge in [0.25, 0.3) is 0 Å². The second kappa shape index (κ2) is 6.22. The van der Waals surface area contributed by atoms with Crippen LogP contribution in [-0.4, -0.2) is 47.9 Å². The molecule has 3 rings (SSSR count). The third kappa shape index (κ3) is 3.92. The smallest absolute Gasteiger partial charge is 0.419 e. The number of carbonyl (C=O) groups is 1. The standard InChI is InChI=1S/C15H17F3N6O2/c1-14(2,3)26-13(25)23-4-5-24-10(8-23)21-12(22-24)11-19-6-9(7-20-11)15(16,17)18/h6-7H,4-5,8H2,1-3H3. The molecule has 0 bridgehead atoms. The fourth-order valence-electron chi connectivity index (χ4n) is 2.30. The molecule has 0 saturated heterocycles. The maximum absolute atomic E-state index is 12.6. The van der Waals surface area contributed by atoms with Crippen molar-refractivity contribution in [3.8, 4) is 11.6 Å². The Balaban J connectivity index is 1.76. The van der Waals surface area contributed by atoms with Crippen molar-refractivity contribution in [1.82, 2.24) is 29.6 Å². The van der Waals surface area contributed by atoms with Gasteiger partial charge in [-0.05, 0) is 20.8 Å². The first-order valence-corrected chi connectivity index (χ1v) is 7.84. The Hall–Kier alpha value is -2.72. The molecule has 140 valence electrons. The Morgan fingerprint density at radius 2 is 1.77 bits per heavy atom. The predicted octanol–water partition coefficient (Wildman–Crippen LogP) is 2.50. The maximum atomic E-state index is 12.6. The molecule has 0 saturated carbocycles. The second-order valence-electron chi connectivity index (χ2n) is 6.77. The third-order valence-electron chi connectivity index (χ3n) is 3.49. The van der Waals surface area contributed by atoms with Crippen LogP contribution in [0.1, 0.15) is 32.2 Å². The molecule has 8 nitrogen and oxygen atoms in total. The lowest BCUT2D eigenvalue weighted by molar-refractivity contribution is -0.138. The zero-order valence-electron chi connectivity index (χ0n) is 14.4. The second-order valence-corrected chi connectivity index (χ2v) is 6.77. The average Bonchev–Trinajstić information content (AvgIpc) is 2.95. The molecule has 1 aliphatic rings. The lowest BCUT2D eigenvalue weighted by Crippen LogP contribution is -2.41. The van der Waals surface area contributed by atoms with Crippen molar-refractivity contribution in [1.29, 1.82) is 0 Å². The molecule has 1 aliphatic heterocycles. The van der Waals surface area contributed by atoms with Crippen molar-refractivity contribution in [3.63, 3.8) is 0 Å². The molecule has 0 aliphatic carbocycles. The quantitative estimate of drug-likeness (QED) is 0.767. The van der Waals surface area contributed by atoms with E-state index in [4.69, 9.17) is 4.74 Å². The van der Waals surface area contributed by atoms with E-state index in [1.54, 1.807) is 25.5 Å². The highest BCUT2D eigenvalue weighted by molar-refractivity contribution is 5.68. The van der Waals surface area contributed by atoms with Crippen molar-refractivity contribution < 1.29 is 22.7 Å². The first-order chi connectivity index (χ1) is 12.0. The van der Waals surface area contributed by atoms with Gasteiger partial charge in [-0.1, -0.05) is 0 Å². The van der Waals surface area contributed by atoms with E-state index in [9.17, 15) is 18.0 Å². The van der Waals surface area contributed by atoms with Crippen LogP contribution in [0.25, 0.3) is 11.6 Å². The summed E-state index contributed by atoms with van der Waals surface area (Å²) in [6.07, 6.45) is -3.59. The van der Waals surface area contributed by atoms with E-state index in [-0.39, 0.29) is 18.2 Å². The molecule has 0 atom stereocenters. The average molecular weight is 370 g/mol. The van der Waals surface area contributed by atoms with Gasteiger partial charge >= 0.3 is 12.3 Å². The summed E-state index contributed by atoms with van der Waals surface area (Å²) in [5.74, 6) is 0.587. The zero-order valence-corrected chi connectivity index (χ0v) is 14.4. The molecule has 0 aromatic carbocycles. The summed E-state index contributed by atoms with van der Waals surface area (Å²) in [7, 11) is 0. The van der Waals surface area contributed by atoms with Gasteiger partial charge in [-0.15, -0.1) is 5.10 Å². The molecule has 2 aromatic rings. The van der Waals surface area contributed by atoms with Crippen molar-refractivity contribution in [2.75, 3.05) is 6.54 Å². The molecule has 0 radical (unpaired) electrons. The summed E-state index contributed by atoms with van der Waals surface area (Å²) < 4.78 is 44.6. The van der Waals surface area contributed by atoms with Gasteiger partial charge in [0.05, 0.1) is 18.7 Å². The number of amides is 1. The molecule has 26 heavy (non-hydrogen) atoms. The van der Waals surface area contributed by atoms with Crippen LogP contribution in [0.2, 0.25) is 0 Å². The van der Waals surface area contributed by atoms with Gasteiger partial charge in [0.15, 0.2) is 5.82 Å². The Kier molecular flexibility index (Phi) is 4.32. The zero-order chi connectivity index (χ0) is 19.1. The van der Waals surface area contributed by atoms with Crippen molar-refractivity contribution in [2.45, 2.75) is 45.6 Å². The van der Waals surface area contributed by atoms with Crippen LogP contribution < -0.4 is 0 Å². The van der Waals surface area contributed by atoms with Gasteiger partial charge in [0.1, 0.15) is 11.4 Å². The fourth-order valence-corrected chi connectivity index (χ4v) is 2.30. The van der Waals surface area contributed by atoms with Gasteiger partial charge < -0.3 is 4.74 Å². The highest BCUT2D eigenvalue weighted by Crippen LogP contribution is 2.28. The van der Waals surface area contributed by atoms with E-state index in [2.05, 4.69) is 20.1 Å². The predicted molar refractivity (Wildman–Crippen MR) is 82.7 cm³/mol. The van der Waals surface area contributed by atoms with Crippen LogP contribution in [-0.2, 0) is 24.0 Å². The monoisotopic (exact) mass is 370 g/mol. The molecular formula is C15H17F3N6O2. The number of hydrogen-bond donors (Lipinski definition) is 0. The van der Waals surface area contributed by atoms with E-state index in [0.717, 1.165) is 0 Å². The van der Waals surface area contributed by atoms with Crippen LogP contribution >= 0.6 is 0 Å². The normalized spacial score (nSPS) is 14.9. The highest BCUT2D eigenvalue weighted by Gasteiger charge is 2.32. The Bertz CT molecular complexity index is 810. The molecule has 2 aromatic heterocycles. The Morgan fingerprint density at radius 1 is 1.12 bits per heavy atom. The van der Waals surface area contributed by atoms with Crippen LogP contribution in [0.5, 0.6) is 0 Å². The van der Waals surface area contributed by atoms with Crippen LogP contribution in [0.3, 0.4) is 0 Å². The molecular weight excluding hydrogens is 353 g/mol.